The van der Waals surface area contributed by atoms with E-state index in [0.29, 0.717) is 36.1 Å². The molecule has 0 aromatic carbocycles. The monoisotopic (exact) mass is 386 g/mol. The van der Waals surface area contributed by atoms with E-state index < -0.39 is 11.7 Å². The second-order valence-electron chi connectivity index (χ2n) is 12.2. The maximum atomic E-state index is 13.8. The van der Waals surface area contributed by atoms with Crippen LogP contribution in [-0.2, 0) is 9.53 Å². The third-order valence-electron chi connectivity index (χ3n) is 10.7. The molecule has 1 heterocycles. The van der Waals surface area contributed by atoms with E-state index in [4.69, 9.17) is 4.74 Å². The van der Waals surface area contributed by atoms with Gasteiger partial charge in [0, 0.05) is 17.8 Å². The fraction of sp³-hybridized carbons (Fsp3) is 0.880. The largest absolute Gasteiger partial charge is 0.367 e. The zero-order valence-electron chi connectivity index (χ0n) is 18.4. The molecule has 3 heteroatoms. The van der Waals surface area contributed by atoms with Crippen molar-refractivity contribution in [2.75, 3.05) is 6.61 Å². The first-order valence-corrected chi connectivity index (χ1v) is 11.6. The van der Waals surface area contributed by atoms with Gasteiger partial charge in [-0.15, -0.1) is 0 Å². The van der Waals surface area contributed by atoms with E-state index in [0.717, 1.165) is 12.3 Å². The zero-order valence-corrected chi connectivity index (χ0v) is 18.4. The summed E-state index contributed by atoms with van der Waals surface area (Å²) in [7, 11) is 0. The molecule has 4 fully saturated rings. The van der Waals surface area contributed by atoms with E-state index in [9.17, 15) is 9.90 Å². The third-order valence-corrected chi connectivity index (χ3v) is 10.7. The number of ketones is 1. The fourth-order valence-electron chi connectivity index (χ4n) is 9.45. The van der Waals surface area contributed by atoms with Gasteiger partial charge in [-0.25, -0.2) is 0 Å². The van der Waals surface area contributed by atoms with Crippen molar-refractivity contribution in [3.05, 3.63) is 11.6 Å². The molecule has 1 aliphatic heterocycles. The van der Waals surface area contributed by atoms with Crippen molar-refractivity contribution >= 4 is 5.78 Å². The number of rotatable bonds is 0. The molecule has 8 atom stereocenters. The Bertz CT molecular complexity index is 738. The second-order valence-corrected chi connectivity index (χ2v) is 12.2. The topological polar surface area (TPSA) is 46.5 Å². The highest BCUT2D eigenvalue weighted by Crippen LogP contribution is 2.72. The van der Waals surface area contributed by atoms with Crippen LogP contribution in [-0.4, -0.2) is 23.8 Å². The summed E-state index contributed by atoms with van der Waals surface area (Å²) in [6, 6.07) is 0. The van der Waals surface area contributed by atoms with Crippen molar-refractivity contribution in [1.82, 2.24) is 0 Å². The average Bonchev–Trinajstić information content (AvgIpc) is 2.99. The molecule has 0 radical (unpaired) electrons. The van der Waals surface area contributed by atoms with Crippen molar-refractivity contribution < 1.29 is 14.6 Å². The molecule has 28 heavy (non-hydrogen) atoms. The van der Waals surface area contributed by atoms with Crippen molar-refractivity contribution in [3.63, 3.8) is 0 Å². The summed E-state index contributed by atoms with van der Waals surface area (Å²) >= 11 is 0. The summed E-state index contributed by atoms with van der Waals surface area (Å²) in [5.41, 5.74) is 1.51. The molecule has 0 aromatic rings. The highest BCUT2D eigenvalue weighted by molar-refractivity contribution is 5.87. The normalized spacial score (nSPS) is 54.9. The van der Waals surface area contributed by atoms with Gasteiger partial charge < -0.3 is 9.84 Å². The van der Waals surface area contributed by atoms with Crippen LogP contribution in [0.4, 0.5) is 0 Å². The SMILES string of the molecule is CC1(C)CCCC2(C)C1CCC1(C)C2CC(=O)C2(C)C3C(=CCC12)COC3O. The first-order valence-electron chi connectivity index (χ1n) is 11.6. The molecule has 3 nitrogen and oxygen atoms in total. The smallest absolute Gasteiger partial charge is 0.162 e. The lowest BCUT2D eigenvalue weighted by atomic mass is 9.35. The molecular formula is C25H38O3. The number of fused-ring (bicyclic) bond motifs is 7. The van der Waals surface area contributed by atoms with E-state index in [2.05, 4.69) is 40.7 Å². The van der Waals surface area contributed by atoms with E-state index in [1.54, 1.807) is 0 Å². The van der Waals surface area contributed by atoms with Gasteiger partial charge in [0.2, 0.25) is 0 Å². The van der Waals surface area contributed by atoms with Crippen LogP contribution >= 0.6 is 0 Å². The van der Waals surface area contributed by atoms with Crippen molar-refractivity contribution in [2.24, 2.45) is 45.3 Å². The van der Waals surface area contributed by atoms with Crippen LogP contribution in [0, 0.1) is 45.3 Å². The summed E-state index contributed by atoms with van der Waals surface area (Å²) in [6.07, 6.45) is 9.57. The highest BCUT2D eigenvalue weighted by Gasteiger charge is 2.69. The van der Waals surface area contributed by atoms with E-state index in [1.165, 1.54) is 37.7 Å². The number of hydrogen-bond acceptors (Lipinski definition) is 3. The maximum Gasteiger partial charge on any atom is 0.162 e. The summed E-state index contributed by atoms with van der Waals surface area (Å²) in [5, 5.41) is 10.6. The van der Waals surface area contributed by atoms with Gasteiger partial charge in [-0.2, -0.15) is 0 Å². The van der Waals surface area contributed by atoms with Crippen LogP contribution in [0.25, 0.3) is 0 Å². The molecule has 0 amide bonds. The minimum absolute atomic E-state index is 0.134. The molecule has 3 saturated carbocycles. The number of carbonyl (C=O) groups excluding carboxylic acids is 1. The number of hydrogen-bond donors (Lipinski definition) is 1. The Morgan fingerprint density at radius 3 is 2.46 bits per heavy atom. The van der Waals surface area contributed by atoms with Crippen LogP contribution in [0.3, 0.4) is 0 Å². The lowest BCUT2D eigenvalue weighted by Crippen LogP contribution is -2.65. The Balaban J connectivity index is 1.60. The summed E-state index contributed by atoms with van der Waals surface area (Å²) in [5.74, 6) is 1.77. The van der Waals surface area contributed by atoms with Gasteiger partial charge in [0.1, 0.15) is 5.78 Å². The van der Waals surface area contributed by atoms with Crippen LogP contribution in [0.5, 0.6) is 0 Å². The molecule has 1 saturated heterocycles. The van der Waals surface area contributed by atoms with E-state index >= 15 is 0 Å². The Kier molecular flexibility index (Phi) is 3.95. The van der Waals surface area contributed by atoms with E-state index in [-0.39, 0.29) is 16.7 Å². The Labute approximate surface area is 170 Å². The standard InChI is InChI=1S/C25H38O3/c1-22(2)10-6-11-23(3)16(22)9-12-24(4)17-8-7-15-14-28-21(27)20(15)25(17,5)19(26)13-18(23)24/h7,16-18,20-21,27H,6,8-14H2,1-5H3. The summed E-state index contributed by atoms with van der Waals surface area (Å²) in [6.45, 7) is 12.6. The maximum absolute atomic E-state index is 13.8. The lowest BCUT2D eigenvalue weighted by molar-refractivity contribution is -0.210. The van der Waals surface area contributed by atoms with Gasteiger partial charge >= 0.3 is 0 Å². The average molecular weight is 387 g/mol. The van der Waals surface area contributed by atoms with Crippen molar-refractivity contribution in [1.29, 1.82) is 0 Å². The van der Waals surface area contributed by atoms with Crippen molar-refractivity contribution in [2.45, 2.75) is 85.9 Å². The predicted molar refractivity (Wildman–Crippen MR) is 109 cm³/mol. The molecule has 0 spiro atoms. The van der Waals surface area contributed by atoms with Crippen molar-refractivity contribution in [3.8, 4) is 0 Å². The fourth-order valence-corrected chi connectivity index (χ4v) is 9.45. The predicted octanol–water partition coefficient (Wildman–Crippen LogP) is 5.13. The first-order chi connectivity index (χ1) is 13.0. The Hall–Kier alpha value is -0.670. The van der Waals surface area contributed by atoms with Gasteiger partial charge in [0.25, 0.3) is 0 Å². The van der Waals surface area contributed by atoms with Gasteiger partial charge in [-0.3, -0.25) is 4.79 Å². The molecule has 0 aromatic heterocycles. The van der Waals surface area contributed by atoms with Crippen LogP contribution < -0.4 is 0 Å². The molecule has 1 N–H and O–H groups in total. The van der Waals surface area contributed by atoms with E-state index in [1.807, 2.05) is 0 Å². The highest BCUT2D eigenvalue weighted by atomic mass is 16.6. The third kappa shape index (κ3) is 2.16. The number of aliphatic hydroxyl groups excluding tert-OH is 1. The first kappa shape index (κ1) is 19.3. The molecular weight excluding hydrogens is 348 g/mol. The Morgan fingerprint density at radius 2 is 1.71 bits per heavy atom. The van der Waals surface area contributed by atoms with Crippen LogP contribution in [0.2, 0.25) is 0 Å². The zero-order chi connectivity index (χ0) is 20.1. The summed E-state index contributed by atoms with van der Waals surface area (Å²) < 4.78 is 5.60. The minimum atomic E-state index is -0.816. The summed E-state index contributed by atoms with van der Waals surface area (Å²) in [4.78, 5) is 13.8. The molecule has 156 valence electrons. The number of carbonyl (C=O) groups is 1. The second kappa shape index (κ2) is 5.72. The number of Topliss-reactive ketones (excluding diaryl/α,β-unsaturated/α-hetero) is 1. The molecule has 8 unspecified atom stereocenters. The number of aliphatic hydroxyl groups is 1. The Morgan fingerprint density at radius 1 is 1.00 bits per heavy atom. The molecule has 4 aliphatic carbocycles. The molecule has 5 aliphatic rings. The molecule has 5 rings (SSSR count). The minimum Gasteiger partial charge on any atom is -0.367 e. The molecule has 0 bridgehead atoms. The van der Waals surface area contributed by atoms with Crippen LogP contribution in [0.15, 0.2) is 11.6 Å². The van der Waals surface area contributed by atoms with Gasteiger partial charge in [-0.05, 0) is 71.7 Å². The van der Waals surface area contributed by atoms with Gasteiger partial charge in [0.05, 0.1) is 6.61 Å². The van der Waals surface area contributed by atoms with Gasteiger partial charge in [0.15, 0.2) is 6.29 Å². The van der Waals surface area contributed by atoms with Gasteiger partial charge in [-0.1, -0.05) is 47.1 Å². The number of ether oxygens (including phenoxy) is 1. The number of allylic oxidation sites excluding steroid dienone is 1. The quantitative estimate of drug-likeness (QED) is 0.587. The lowest BCUT2D eigenvalue weighted by Gasteiger charge is -2.69. The van der Waals surface area contributed by atoms with Crippen LogP contribution in [0.1, 0.15) is 79.6 Å².